The number of anilines is 1. The summed E-state index contributed by atoms with van der Waals surface area (Å²) in [5.41, 5.74) is 6.34. The van der Waals surface area contributed by atoms with Gasteiger partial charge in [0.2, 0.25) is 5.91 Å². The molecule has 116 valence electrons. The topological polar surface area (TPSA) is 98.0 Å². The van der Waals surface area contributed by atoms with E-state index in [1.165, 1.54) is 7.11 Å². The molecule has 0 spiro atoms. The van der Waals surface area contributed by atoms with Gasteiger partial charge in [0.05, 0.1) is 18.7 Å². The molecule has 21 heavy (non-hydrogen) atoms. The van der Waals surface area contributed by atoms with Crippen LogP contribution < -0.4 is 21.1 Å². The predicted octanol–water partition coefficient (Wildman–Crippen LogP) is 0.838. The normalized spacial score (nSPS) is 11.1. The summed E-state index contributed by atoms with van der Waals surface area (Å²) in [7, 11) is 3.10. The molecule has 0 aromatic heterocycles. The van der Waals surface area contributed by atoms with Gasteiger partial charge in [0.25, 0.3) is 0 Å². The van der Waals surface area contributed by atoms with Crippen LogP contribution in [0.15, 0.2) is 23.2 Å². The summed E-state index contributed by atoms with van der Waals surface area (Å²) < 4.78 is 9.86. The SMILES string of the molecule is COCCNC(=O)CN=C(N)Nc1ccc(OC)c(Cl)c1. The molecule has 1 aromatic rings. The van der Waals surface area contributed by atoms with E-state index in [4.69, 9.17) is 26.8 Å². The first-order valence-electron chi connectivity index (χ1n) is 6.23. The number of carbonyl (C=O) groups is 1. The van der Waals surface area contributed by atoms with Crippen molar-refractivity contribution in [1.29, 1.82) is 0 Å². The number of nitrogens with zero attached hydrogens (tertiary/aromatic N) is 1. The van der Waals surface area contributed by atoms with Gasteiger partial charge in [-0.3, -0.25) is 4.79 Å². The van der Waals surface area contributed by atoms with Crippen molar-refractivity contribution in [2.45, 2.75) is 0 Å². The van der Waals surface area contributed by atoms with Gasteiger partial charge in [0.1, 0.15) is 12.3 Å². The van der Waals surface area contributed by atoms with E-state index in [0.717, 1.165) is 0 Å². The van der Waals surface area contributed by atoms with Crippen LogP contribution in [0.4, 0.5) is 5.69 Å². The summed E-state index contributed by atoms with van der Waals surface area (Å²) >= 11 is 5.99. The summed E-state index contributed by atoms with van der Waals surface area (Å²) in [6, 6.07) is 5.10. The maximum atomic E-state index is 11.4. The molecule has 0 aliphatic carbocycles. The van der Waals surface area contributed by atoms with Crippen molar-refractivity contribution in [2.24, 2.45) is 10.7 Å². The van der Waals surface area contributed by atoms with Crippen molar-refractivity contribution in [1.82, 2.24) is 5.32 Å². The number of rotatable bonds is 7. The summed E-state index contributed by atoms with van der Waals surface area (Å²) in [6.45, 7) is 0.826. The van der Waals surface area contributed by atoms with Crippen LogP contribution in [0.3, 0.4) is 0 Å². The van der Waals surface area contributed by atoms with Gasteiger partial charge >= 0.3 is 0 Å². The first-order chi connectivity index (χ1) is 10.1. The molecule has 0 saturated heterocycles. The Morgan fingerprint density at radius 3 is 2.81 bits per heavy atom. The molecule has 0 fully saturated rings. The van der Waals surface area contributed by atoms with Crippen LogP contribution in [-0.4, -0.2) is 45.8 Å². The van der Waals surface area contributed by atoms with E-state index >= 15 is 0 Å². The van der Waals surface area contributed by atoms with Crippen molar-refractivity contribution in [2.75, 3.05) is 39.2 Å². The van der Waals surface area contributed by atoms with Gasteiger partial charge in [0, 0.05) is 19.3 Å². The fourth-order valence-corrected chi connectivity index (χ4v) is 1.69. The molecule has 4 N–H and O–H groups in total. The van der Waals surface area contributed by atoms with Crippen LogP contribution in [-0.2, 0) is 9.53 Å². The third kappa shape index (κ3) is 6.33. The summed E-state index contributed by atoms with van der Waals surface area (Å²) in [5, 5.41) is 5.93. The van der Waals surface area contributed by atoms with E-state index in [2.05, 4.69) is 15.6 Å². The number of halogens is 1. The number of benzene rings is 1. The van der Waals surface area contributed by atoms with Gasteiger partial charge in [-0.1, -0.05) is 11.6 Å². The number of ether oxygens (including phenoxy) is 2. The first kappa shape index (κ1) is 17.1. The molecule has 7 nitrogen and oxygen atoms in total. The van der Waals surface area contributed by atoms with E-state index in [1.54, 1.807) is 25.3 Å². The number of hydrogen-bond donors (Lipinski definition) is 3. The van der Waals surface area contributed by atoms with Gasteiger partial charge in [-0.25, -0.2) is 4.99 Å². The van der Waals surface area contributed by atoms with Gasteiger partial charge in [0.15, 0.2) is 5.96 Å². The Hall–Kier alpha value is -1.99. The number of hydrogen-bond acceptors (Lipinski definition) is 4. The van der Waals surface area contributed by atoms with Crippen LogP contribution in [0, 0.1) is 0 Å². The third-order valence-corrected chi connectivity index (χ3v) is 2.74. The van der Waals surface area contributed by atoms with Gasteiger partial charge in [-0.05, 0) is 18.2 Å². The lowest BCUT2D eigenvalue weighted by molar-refractivity contribution is -0.119. The summed E-state index contributed by atoms with van der Waals surface area (Å²) in [5.74, 6) is 0.456. The molecule has 0 aliphatic heterocycles. The first-order valence-corrected chi connectivity index (χ1v) is 6.60. The van der Waals surface area contributed by atoms with E-state index in [1.807, 2.05) is 0 Å². The second kappa shape index (κ2) is 9.04. The van der Waals surface area contributed by atoms with E-state index in [9.17, 15) is 4.79 Å². The fourth-order valence-electron chi connectivity index (χ4n) is 1.44. The Morgan fingerprint density at radius 1 is 1.43 bits per heavy atom. The molecule has 0 saturated carbocycles. The monoisotopic (exact) mass is 314 g/mol. The summed E-state index contributed by atoms with van der Waals surface area (Å²) in [6.07, 6.45) is 0. The molecule has 8 heteroatoms. The highest BCUT2D eigenvalue weighted by Gasteiger charge is 2.03. The highest BCUT2D eigenvalue weighted by molar-refractivity contribution is 6.32. The number of amides is 1. The fraction of sp³-hybridized carbons (Fsp3) is 0.385. The Balaban J connectivity index is 2.48. The number of carbonyl (C=O) groups excluding carboxylic acids is 1. The maximum absolute atomic E-state index is 11.4. The third-order valence-electron chi connectivity index (χ3n) is 2.45. The average molecular weight is 315 g/mol. The molecular weight excluding hydrogens is 296 g/mol. The Labute approximate surface area is 128 Å². The molecule has 1 aromatic carbocycles. The summed E-state index contributed by atoms with van der Waals surface area (Å²) in [4.78, 5) is 15.3. The standard InChI is InChI=1S/C13H19ClN4O3/c1-20-6-5-16-12(19)8-17-13(15)18-9-3-4-11(21-2)10(14)7-9/h3-4,7H,5-6,8H2,1-2H3,(H,16,19)(H3,15,17,18). The minimum absolute atomic E-state index is 0.0631. The predicted molar refractivity (Wildman–Crippen MR) is 83.0 cm³/mol. The lowest BCUT2D eigenvalue weighted by Crippen LogP contribution is -2.31. The van der Waals surface area contributed by atoms with Crippen molar-refractivity contribution in [3.05, 3.63) is 23.2 Å². The Bertz CT molecular complexity index is 508. The van der Waals surface area contributed by atoms with E-state index in [-0.39, 0.29) is 18.4 Å². The minimum Gasteiger partial charge on any atom is -0.495 e. The zero-order chi connectivity index (χ0) is 15.7. The van der Waals surface area contributed by atoms with Crippen molar-refractivity contribution < 1.29 is 14.3 Å². The van der Waals surface area contributed by atoms with Crippen LogP contribution in [0.25, 0.3) is 0 Å². The van der Waals surface area contributed by atoms with E-state index in [0.29, 0.717) is 29.6 Å². The zero-order valence-electron chi connectivity index (χ0n) is 12.0. The van der Waals surface area contributed by atoms with Crippen molar-refractivity contribution >= 4 is 29.2 Å². The highest BCUT2D eigenvalue weighted by atomic mass is 35.5. The quantitative estimate of drug-likeness (QED) is 0.393. The second-order valence-corrected chi connectivity index (χ2v) is 4.43. The Morgan fingerprint density at radius 2 is 2.19 bits per heavy atom. The average Bonchev–Trinajstić information content (AvgIpc) is 2.46. The second-order valence-electron chi connectivity index (χ2n) is 4.02. The molecule has 0 unspecified atom stereocenters. The lowest BCUT2D eigenvalue weighted by Gasteiger charge is -2.08. The maximum Gasteiger partial charge on any atom is 0.241 e. The molecule has 1 amide bonds. The largest absolute Gasteiger partial charge is 0.495 e. The molecule has 0 heterocycles. The lowest BCUT2D eigenvalue weighted by atomic mass is 10.3. The minimum atomic E-state index is -0.232. The van der Waals surface area contributed by atoms with Crippen LogP contribution >= 0.6 is 11.6 Å². The molecule has 0 aliphatic rings. The highest BCUT2D eigenvalue weighted by Crippen LogP contribution is 2.26. The van der Waals surface area contributed by atoms with Crippen LogP contribution in [0.5, 0.6) is 5.75 Å². The van der Waals surface area contributed by atoms with Crippen molar-refractivity contribution in [3.63, 3.8) is 0 Å². The molecule has 0 radical (unpaired) electrons. The Kier molecular flexibility index (Phi) is 7.34. The number of aliphatic imine (C=N–C) groups is 1. The molecule has 0 bridgehead atoms. The number of guanidine groups is 1. The van der Waals surface area contributed by atoms with Crippen LogP contribution in [0.2, 0.25) is 5.02 Å². The smallest absolute Gasteiger partial charge is 0.241 e. The molecule has 0 atom stereocenters. The van der Waals surface area contributed by atoms with Gasteiger partial charge in [-0.15, -0.1) is 0 Å². The molecule has 1 rings (SSSR count). The number of nitrogens with one attached hydrogen (secondary N) is 2. The number of nitrogens with two attached hydrogens (primary N) is 1. The molecular formula is C13H19ClN4O3. The number of methoxy groups -OCH3 is 2. The van der Waals surface area contributed by atoms with Crippen LogP contribution in [0.1, 0.15) is 0 Å². The zero-order valence-corrected chi connectivity index (χ0v) is 12.7. The van der Waals surface area contributed by atoms with Gasteiger partial charge < -0.3 is 25.8 Å². The van der Waals surface area contributed by atoms with E-state index < -0.39 is 0 Å². The van der Waals surface area contributed by atoms with Gasteiger partial charge in [-0.2, -0.15) is 0 Å². The van der Waals surface area contributed by atoms with Crippen molar-refractivity contribution in [3.8, 4) is 5.75 Å².